The number of hydrogen-bond donors (Lipinski definition) is 0. The maximum atomic E-state index is 11.2. The molecule has 0 radical (unpaired) electrons. The van der Waals surface area contributed by atoms with Crippen molar-refractivity contribution in [3.63, 3.8) is 0 Å². The minimum atomic E-state index is -0.607. The second-order valence-corrected chi connectivity index (χ2v) is 3.29. The van der Waals surface area contributed by atoms with Crippen molar-refractivity contribution in [2.75, 3.05) is 0 Å². The van der Waals surface area contributed by atoms with Crippen LogP contribution in [0.25, 0.3) is 0 Å². The lowest BCUT2D eigenvalue weighted by Gasteiger charge is -2.00. The Morgan fingerprint density at radius 1 is 1.56 bits per heavy atom. The highest BCUT2D eigenvalue weighted by molar-refractivity contribution is 5.80. The SMILES string of the molecule is CCC(=O)Cc1ccc([N+](=O)[O-])c(C#N)c1. The minimum Gasteiger partial charge on any atom is -0.299 e. The van der Waals surface area contributed by atoms with Gasteiger partial charge >= 0.3 is 0 Å². The van der Waals surface area contributed by atoms with Gasteiger partial charge in [-0.15, -0.1) is 0 Å². The topological polar surface area (TPSA) is 84.0 Å². The molecule has 0 fully saturated rings. The van der Waals surface area contributed by atoms with Gasteiger partial charge in [-0.25, -0.2) is 0 Å². The number of ketones is 1. The third kappa shape index (κ3) is 2.64. The van der Waals surface area contributed by atoms with E-state index in [1.807, 2.05) is 0 Å². The van der Waals surface area contributed by atoms with E-state index in [2.05, 4.69) is 0 Å². The number of carbonyl (C=O) groups is 1. The highest BCUT2D eigenvalue weighted by Gasteiger charge is 2.14. The Labute approximate surface area is 92.5 Å². The van der Waals surface area contributed by atoms with Crippen molar-refractivity contribution in [1.82, 2.24) is 0 Å². The van der Waals surface area contributed by atoms with Crippen LogP contribution in [0, 0.1) is 21.4 Å². The average Bonchev–Trinajstić information content (AvgIpc) is 2.28. The average molecular weight is 218 g/mol. The summed E-state index contributed by atoms with van der Waals surface area (Å²) in [6.45, 7) is 1.75. The van der Waals surface area contributed by atoms with Crippen LogP contribution in [0.4, 0.5) is 5.69 Å². The van der Waals surface area contributed by atoms with Crippen molar-refractivity contribution < 1.29 is 9.72 Å². The number of hydrogen-bond acceptors (Lipinski definition) is 4. The first-order valence-electron chi connectivity index (χ1n) is 4.77. The lowest BCUT2D eigenvalue weighted by molar-refractivity contribution is -0.385. The first kappa shape index (κ1) is 11.9. The molecule has 1 aromatic carbocycles. The van der Waals surface area contributed by atoms with Crippen molar-refractivity contribution in [2.45, 2.75) is 19.8 Å². The molecule has 82 valence electrons. The summed E-state index contributed by atoms with van der Waals surface area (Å²) < 4.78 is 0. The standard InChI is InChI=1S/C11H10N2O3/c1-2-10(14)6-8-3-4-11(13(15)16)9(5-8)7-12/h3-5H,2,6H2,1H3. The van der Waals surface area contributed by atoms with E-state index in [4.69, 9.17) is 5.26 Å². The predicted octanol–water partition coefficient (Wildman–Crippen LogP) is 1.99. The fourth-order valence-electron chi connectivity index (χ4n) is 1.29. The molecule has 0 aliphatic carbocycles. The van der Waals surface area contributed by atoms with Gasteiger partial charge < -0.3 is 0 Å². The molecule has 0 aliphatic heterocycles. The molecule has 5 nitrogen and oxygen atoms in total. The summed E-state index contributed by atoms with van der Waals surface area (Å²) in [4.78, 5) is 21.1. The molecule has 0 aliphatic rings. The molecule has 0 N–H and O–H groups in total. The van der Waals surface area contributed by atoms with Gasteiger partial charge in [0.05, 0.1) is 4.92 Å². The van der Waals surface area contributed by atoms with Crippen LogP contribution in [0.2, 0.25) is 0 Å². The van der Waals surface area contributed by atoms with E-state index in [0.29, 0.717) is 12.0 Å². The molecule has 16 heavy (non-hydrogen) atoms. The Kier molecular flexibility index (Phi) is 3.72. The van der Waals surface area contributed by atoms with Gasteiger partial charge in [0, 0.05) is 18.9 Å². The third-order valence-corrected chi connectivity index (χ3v) is 2.17. The maximum absolute atomic E-state index is 11.2. The summed E-state index contributed by atoms with van der Waals surface area (Å²) in [5.74, 6) is 0.0396. The monoisotopic (exact) mass is 218 g/mol. The summed E-state index contributed by atoms with van der Waals surface area (Å²) in [6.07, 6.45) is 0.627. The molecule has 0 saturated heterocycles. The number of nitro groups is 1. The maximum Gasteiger partial charge on any atom is 0.287 e. The van der Waals surface area contributed by atoms with E-state index < -0.39 is 4.92 Å². The highest BCUT2D eigenvalue weighted by Crippen LogP contribution is 2.19. The van der Waals surface area contributed by atoms with E-state index in [1.54, 1.807) is 13.0 Å². The van der Waals surface area contributed by atoms with Crippen LogP contribution >= 0.6 is 0 Å². The fourth-order valence-corrected chi connectivity index (χ4v) is 1.29. The molecule has 5 heteroatoms. The lowest BCUT2D eigenvalue weighted by atomic mass is 10.0. The molecule has 1 aromatic rings. The second-order valence-electron chi connectivity index (χ2n) is 3.29. The first-order valence-corrected chi connectivity index (χ1v) is 4.77. The van der Waals surface area contributed by atoms with Crippen LogP contribution in [0.5, 0.6) is 0 Å². The van der Waals surface area contributed by atoms with Gasteiger partial charge in [0.2, 0.25) is 0 Å². The predicted molar refractivity (Wildman–Crippen MR) is 56.8 cm³/mol. The highest BCUT2D eigenvalue weighted by atomic mass is 16.6. The van der Waals surface area contributed by atoms with E-state index in [1.165, 1.54) is 18.2 Å². The quantitative estimate of drug-likeness (QED) is 0.571. The Hall–Kier alpha value is -2.22. The number of Topliss-reactive ketones (excluding diaryl/α,β-unsaturated/α-hetero) is 1. The van der Waals surface area contributed by atoms with Crippen molar-refractivity contribution in [3.05, 3.63) is 39.4 Å². The number of rotatable bonds is 4. The zero-order valence-corrected chi connectivity index (χ0v) is 8.77. The van der Waals surface area contributed by atoms with E-state index in [-0.39, 0.29) is 23.5 Å². The van der Waals surface area contributed by atoms with Crippen LogP contribution in [0.3, 0.4) is 0 Å². The lowest BCUT2D eigenvalue weighted by Crippen LogP contribution is -2.01. The van der Waals surface area contributed by atoms with Crippen molar-refractivity contribution >= 4 is 11.5 Å². The fraction of sp³-hybridized carbons (Fsp3) is 0.273. The van der Waals surface area contributed by atoms with Crippen molar-refractivity contribution in [2.24, 2.45) is 0 Å². The molecule has 0 aromatic heterocycles. The van der Waals surface area contributed by atoms with Gasteiger partial charge in [-0.2, -0.15) is 5.26 Å². The Balaban J connectivity index is 3.06. The van der Waals surface area contributed by atoms with Crippen molar-refractivity contribution in [3.8, 4) is 6.07 Å². The van der Waals surface area contributed by atoms with Gasteiger partial charge in [-0.05, 0) is 11.6 Å². The van der Waals surface area contributed by atoms with Gasteiger partial charge in [-0.3, -0.25) is 14.9 Å². The molecule has 0 atom stereocenters. The molecule has 1 rings (SSSR count). The summed E-state index contributed by atoms with van der Waals surface area (Å²) in [5.41, 5.74) is 0.399. The molecule has 0 saturated carbocycles. The smallest absolute Gasteiger partial charge is 0.287 e. The van der Waals surface area contributed by atoms with Crippen LogP contribution in [0.15, 0.2) is 18.2 Å². The molecule has 0 amide bonds. The minimum absolute atomic E-state index is 0.00796. The van der Waals surface area contributed by atoms with Crippen LogP contribution < -0.4 is 0 Å². The normalized spacial score (nSPS) is 9.50. The molecule has 0 unspecified atom stereocenters. The van der Waals surface area contributed by atoms with Gasteiger partial charge in [-0.1, -0.05) is 13.0 Å². The summed E-state index contributed by atoms with van der Waals surface area (Å²) >= 11 is 0. The van der Waals surface area contributed by atoms with Gasteiger partial charge in [0.15, 0.2) is 0 Å². The molecule has 0 bridgehead atoms. The van der Waals surface area contributed by atoms with E-state index in [9.17, 15) is 14.9 Å². The largest absolute Gasteiger partial charge is 0.299 e. The number of benzene rings is 1. The van der Waals surface area contributed by atoms with Gasteiger partial charge in [0.1, 0.15) is 17.4 Å². The Morgan fingerprint density at radius 3 is 2.75 bits per heavy atom. The number of nitro benzene ring substituents is 1. The summed E-state index contributed by atoms with van der Waals surface area (Å²) in [5, 5.41) is 19.3. The molecular formula is C11H10N2O3. The molecule has 0 heterocycles. The van der Waals surface area contributed by atoms with Gasteiger partial charge in [0.25, 0.3) is 5.69 Å². The number of nitrogens with zero attached hydrogens (tertiary/aromatic N) is 2. The van der Waals surface area contributed by atoms with Crippen LogP contribution in [0.1, 0.15) is 24.5 Å². The third-order valence-electron chi connectivity index (χ3n) is 2.17. The Morgan fingerprint density at radius 2 is 2.25 bits per heavy atom. The van der Waals surface area contributed by atoms with Crippen LogP contribution in [-0.2, 0) is 11.2 Å². The summed E-state index contributed by atoms with van der Waals surface area (Å²) in [7, 11) is 0. The molecule has 0 spiro atoms. The van der Waals surface area contributed by atoms with Crippen LogP contribution in [-0.4, -0.2) is 10.7 Å². The zero-order chi connectivity index (χ0) is 12.1. The van der Waals surface area contributed by atoms with Crippen molar-refractivity contribution in [1.29, 1.82) is 5.26 Å². The Bertz CT molecular complexity index is 475. The number of nitriles is 1. The summed E-state index contributed by atoms with van der Waals surface area (Å²) in [6, 6.07) is 5.92. The number of carbonyl (C=O) groups excluding carboxylic acids is 1. The first-order chi connectivity index (χ1) is 7.58. The van der Waals surface area contributed by atoms with E-state index >= 15 is 0 Å². The second kappa shape index (κ2) is 5.03. The zero-order valence-electron chi connectivity index (χ0n) is 8.77. The molecular weight excluding hydrogens is 208 g/mol. The van der Waals surface area contributed by atoms with E-state index in [0.717, 1.165) is 0 Å².